The summed E-state index contributed by atoms with van der Waals surface area (Å²) in [4.78, 5) is 16.6. The Morgan fingerprint density at radius 2 is 1.92 bits per heavy atom. The number of carbonyl (C=O) groups is 1. The highest BCUT2D eigenvalue weighted by Gasteiger charge is 2.10. The Bertz CT molecular complexity index is 856. The molecule has 0 fully saturated rings. The van der Waals surface area contributed by atoms with Crippen molar-refractivity contribution in [3.63, 3.8) is 0 Å². The summed E-state index contributed by atoms with van der Waals surface area (Å²) in [5, 5.41) is 5.31. The molecular weight excluding hydrogens is 332 g/mol. The van der Waals surface area contributed by atoms with Gasteiger partial charge < -0.3 is 4.74 Å². The van der Waals surface area contributed by atoms with Gasteiger partial charge in [-0.2, -0.15) is 0 Å². The molecule has 0 aliphatic heterocycles. The van der Waals surface area contributed by atoms with Crippen LogP contribution in [0.3, 0.4) is 0 Å². The number of hydrogen-bond donors (Lipinski definition) is 1. The third-order valence-corrected chi connectivity index (χ3v) is 4.57. The van der Waals surface area contributed by atoms with Gasteiger partial charge in [-0.3, -0.25) is 10.1 Å². The Labute approximate surface area is 151 Å². The monoisotopic (exact) mass is 352 g/mol. The molecule has 2 aromatic carbocycles. The number of carbonyl (C=O) groups excluding carboxylic acids is 1. The van der Waals surface area contributed by atoms with Crippen LogP contribution < -0.4 is 10.1 Å². The van der Waals surface area contributed by atoms with Crippen molar-refractivity contribution in [1.29, 1.82) is 0 Å². The highest BCUT2D eigenvalue weighted by molar-refractivity contribution is 7.14. The summed E-state index contributed by atoms with van der Waals surface area (Å²) < 4.78 is 5.63. The van der Waals surface area contributed by atoms with Crippen LogP contribution in [0.5, 0.6) is 5.75 Å². The molecule has 4 nitrogen and oxygen atoms in total. The average molecular weight is 352 g/mol. The summed E-state index contributed by atoms with van der Waals surface area (Å²) in [5.41, 5.74) is 4.19. The van der Waals surface area contributed by atoms with Crippen molar-refractivity contribution in [2.75, 3.05) is 11.9 Å². The van der Waals surface area contributed by atoms with Gasteiger partial charge in [0, 0.05) is 10.9 Å². The van der Waals surface area contributed by atoms with Gasteiger partial charge in [0.15, 0.2) is 11.7 Å². The minimum Gasteiger partial charge on any atom is -0.483 e. The SMILES string of the molecule is CCc1ccccc1OCC(=O)Nc1nc(-c2ccc(C)cc2)cs1. The van der Waals surface area contributed by atoms with Crippen LogP contribution >= 0.6 is 11.3 Å². The number of nitrogens with zero attached hydrogens (tertiary/aromatic N) is 1. The van der Waals surface area contributed by atoms with Gasteiger partial charge in [0.1, 0.15) is 5.75 Å². The third kappa shape index (κ3) is 4.45. The molecule has 3 aromatic rings. The summed E-state index contributed by atoms with van der Waals surface area (Å²) in [6.45, 7) is 4.08. The highest BCUT2D eigenvalue weighted by Crippen LogP contribution is 2.25. The Hall–Kier alpha value is -2.66. The fourth-order valence-electron chi connectivity index (χ4n) is 2.42. The molecule has 0 saturated carbocycles. The van der Waals surface area contributed by atoms with E-state index in [2.05, 4.69) is 17.2 Å². The van der Waals surface area contributed by atoms with Crippen LogP contribution in [0.25, 0.3) is 11.3 Å². The molecule has 1 amide bonds. The van der Waals surface area contributed by atoms with Crippen LogP contribution in [-0.4, -0.2) is 17.5 Å². The summed E-state index contributed by atoms with van der Waals surface area (Å²) >= 11 is 1.41. The number of aryl methyl sites for hydroxylation is 2. The number of benzene rings is 2. The maximum Gasteiger partial charge on any atom is 0.264 e. The maximum absolute atomic E-state index is 12.1. The van der Waals surface area contributed by atoms with Crippen LogP contribution in [0.4, 0.5) is 5.13 Å². The van der Waals surface area contributed by atoms with Crippen LogP contribution in [-0.2, 0) is 11.2 Å². The maximum atomic E-state index is 12.1. The minimum atomic E-state index is -0.212. The second-order valence-corrected chi connectivity index (χ2v) is 6.56. The number of hydrogen-bond acceptors (Lipinski definition) is 4. The predicted octanol–water partition coefficient (Wildman–Crippen LogP) is 4.70. The first kappa shape index (κ1) is 17.2. The number of rotatable bonds is 6. The normalized spacial score (nSPS) is 10.5. The van der Waals surface area contributed by atoms with Gasteiger partial charge in [-0.25, -0.2) is 4.98 Å². The third-order valence-electron chi connectivity index (χ3n) is 3.81. The van der Waals surface area contributed by atoms with Crippen molar-refractivity contribution in [1.82, 2.24) is 4.98 Å². The molecule has 0 aliphatic rings. The Morgan fingerprint density at radius 3 is 2.68 bits per heavy atom. The van der Waals surface area contributed by atoms with Crippen molar-refractivity contribution in [2.45, 2.75) is 20.3 Å². The largest absolute Gasteiger partial charge is 0.483 e. The summed E-state index contributed by atoms with van der Waals surface area (Å²) in [5.74, 6) is 0.537. The van der Waals surface area contributed by atoms with Gasteiger partial charge in [0.25, 0.3) is 5.91 Å². The van der Waals surface area contributed by atoms with Crippen molar-refractivity contribution in [2.24, 2.45) is 0 Å². The van der Waals surface area contributed by atoms with E-state index >= 15 is 0 Å². The van der Waals surface area contributed by atoms with E-state index in [1.165, 1.54) is 16.9 Å². The van der Waals surface area contributed by atoms with E-state index in [4.69, 9.17) is 4.74 Å². The molecule has 0 unspecified atom stereocenters. The van der Waals surface area contributed by atoms with Crippen LogP contribution in [0.15, 0.2) is 53.9 Å². The van der Waals surface area contributed by atoms with Gasteiger partial charge >= 0.3 is 0 Å². The Balaban J connectivity index is 1.59. The lowest BCUT2D eigenvalue weighted by molar-refractivity contribution is -0.118. The van der Waals surface area contributed by atoms with E-state index in [0.717, 1.165) is 29.0 Å². The van der Waals surface area contributed by atoms with E-state index in [0.29, 0.717) is 5.13 Å². The molecule has 0 atom stereocenters. The van der Waals surface area contributed by atoms with Gasteiger partial charge in [-0.1, -0.05) is 55.0 Å². The zero-order valence-corrected chi connectivity index (χ0v) is 15.1. The molecule has 5 heteroatoms. The first-order valence-electron chi connectivity index (χ1n) is 8.19. The number of nitrogens with one attached hydrogen (secondary N) is 1. The molecule has 0 radical (unpaired) electrons. The van der Waals surface area contributed by atoms with Gasteiger partial charge in [0.05, 0.1) is 5.69 Å². The second-order valence-electron chi connectivity index (χ2n) is 5.70. The van der Waals surface area contributed by atoms with E-state index in [1.54, 1.807) is 0 Å². The summed E-state index contributed by atoms with van der Waals surface area (Å²) in [6, 6.07) is 15.9. The molecule has 1 aromatic heterocycles. The first-order chi connectivity index (χ1) is 12.2. The zero-order valence-electron chi connectivity index (χ0n) is 14.3. The smallest absolute Gasteiger partial charge is 0.264 e. The molecule has 25 heavy (non-hydrogen) atoms. The van der Waals surface area contributed by atoms with Gasteiger partial charge in [-0.05, 0) is 25.0 Å². The van der Waals surface area contributed by atoms with Crippen LogP contribution in [0, 0.1) is 6.92 Å². The number of anilines is 1. The van der Waals surface area contributed by atoms with Crippen molar-refractivity contribution >= 4 is 22.4 Å². The number of para-hydroxylation sites is 1. The van der Waals surface area contributed by atoms with E-state index in [-0.39, 0.29) is 12.5 Å². The Morgan fingerprint density at radius 1 is 1.16 bits per heavy atom. The summed E-state index contributed by atoms with van der Waals surface area (Å²) in [7, 11) is 0. The van der Waals surface area contributed by atoms with E-state index in [9.17, 15) is 4.79 Å². The lowest BCUT2D eigenvalue weighted by Gasteiger charge is -2.09. The molecule has 0 spiro atoms. The fourth-order valence-corrected chi connectivity index (χ4v) is 3.16. The lowest BCUT2D eigenvalue weighted by atomic mass is 10.1. The zero-order chi connectivity index (χ0) is 17.6. The first-order valence-corrected chi connectivity index (χ1v) is 9.07. The average Bonchev–Trinajstić information content (AvgIpc) is 3.09. The Kier molecular flexibility index (Phi) is 5.46. The van der Waals surface area contributed by atoms with Crippen molar-refractivity contribution in [3.05, 3.63) is 65.0 Å². The minimum absolute atomic E-state index is 0.0313. The van der Waals surface area contributed by atoms with Crippen molar-refractivity contribution < 1.29 is 9.53 Å². The standard InChI is InChI=1S/C20H20N2O2S/c1-3-15-6-4-5-7-18(15)24-12-19(23)22-20-21-17(13-25-20)16-10-8-14(2)9-11-16/h4-11,13H,3,12H2,1-2H3,(H,21,22,23). The predicted molar refractivity (Wildman–Crippen MR) is 102 cm³/mol. The summed E-state index contributed by atoms with van der Waals surface area (Å²) in [6.07, 6.45) is 0.865. The molecule has 128 valence electrons. The molecule has 0 saturated heterocycles. The van der Waals surface area contributed by atoms with Gasteiger partial charge in [0.2, 0.25) is 0 Å². The number of thiazole rings is 1. The molecule has 0 aliphatic carbocycles. The molecule has 1 N–H and O–H groups in total. The van der Waals surface area contributed by atoms with E-state index in [1.807, 2.05) is 60.8 Å². The topological polar surface area (TPSA) is 51.2 Å². The number of ether oxygens (including phenoxy) is 1. The lowest BCUT2D eigenvalue weighted by Crippen LogP contribution is -2.20. The van der Waals surface area contributed by atoms with Gasteiger partial charge in [-0.15, -0.1) is 11.3 Å². The number of aromatic nitrogens is 1. The second kappa shape index (κ2) is 7.94. The molecule has 3 rings (SSSR count). The van der Waals surface area contributed by atoms with Crippen molar-refractivity contribution in [3.8, 4) is 17.0 Å². The molecule has 1 heterocycles. The number of amides is 1. The highest BCUT2D eigenvalue weighted by atomic mass is 32.1. The molecular formula is C20H20N2O2S. The fraction of sp³-hybridized carbons (Fsp3) is 0.200. The van der Waals surface area contributed by atoms with E-state index < -0.39 is 0 Å². The quantitative estimate of drug-likeness (QED) is 0.700. The van der Waals surface area contributed by atoms with Crippen LogP contribution in [0.2, 0.25) is 0 Å². The molecule has 0 bridgehead atoms. The van der Waals surface area contributed by atoms with Crippen LogP contribution in [0.1, 0.15) is 18.1 Å².